The van der Waals surface area contributed by atoms with Gasteiger partial charge in [0.2, 0.25) is 0 Å². The van der Waals surface area contributed by atoms with E-state index in [0.29, 0.717) is 11.4 Å². The molecule has 0 aliphatic carbocycles. The average molecular weight is 245 g/mol. The molecule has 0 bridgehead atoms. The van der Waals surface area contributed by atoms with Gasteiger partial charge in [-0.2, -0.15) is 0 Å². The smallest absolute Gasteiger partial charge is 0.410 e. The van der Waals surface area contributed by atoms with Gasteiger partial charge in [-0.15, -0.1) is 0 Å². The monoisotopic (exact) mass is 245 g/mol. The minimum atomic E-state index is -0.606. The minimum Gasteiger partial charge on any atom is -0.410 e. The summed E-state index contributed by atoms with van der Waals surface area (Å²) < 4.78 is 17.6. The molecule has 0 atom stereocenters. The predicted octanol–water partition coefficient (Wildman–Crippen LogP) is 3.75. The number of hydrogen-bond donors (Lipinski definition) is 1. The normalized spacial score (nSPS) is 9.89. The lowest BCUT2D eigenvalue weighted by Crippen LogP contribution is -2.16. The van der Waals surface area contributed by atoms with E-state index in [0.717, 1.165) is 5.56 Å². The van der Waals surface area contributed by atoms with E-state index in [9.17, 15) is 9.18 Å². The summed E-state index contributed by atoms with van der Waals surface area (Å²) in [5.74, 6) is -0.0812. The largest absolute Gasteiger partial charge is 0.417 e. The highest BCUT2D eigenvalue weighted by Crippen LogP contribution is 2.13. The molecule has 4 heteroatoms. The molecule has 1 amide bonds. The quantitative estimate of drug-likeness (QED) is 0.875. The van der Waals surface area contributed by atoms with Gasteiger partial charge in [-0.05, 0) is 43.3 Å². The van der Waals surface area contributed by atoms with E-state index < -0.39 is 6.09 Å². The van der Waals surface area contributed by atoms with Crippen molar-refractivity contribution >= 4 is 11.8 Å². The topological polar surface area (TPSA) is 38.3 Å². The molecular weight excluding hydrogens is 233 g/mol. The number of carbonyl (C=O) groups excluding carboxylic acids is 1. The maximum absolute atomic E-state index is 12.7. The number of ether oxygens (including phenoxy) is 1. The SMILES string of the molecule is Cc1ccc(NC(=O)Oc2ccc(F)cc2)cc1. The van der Waals surface area contributed by atoms with Crippen LogP contribution in [0.2, 0.25) is 0 Å². The number of amides is 1. The molecule has 3 nitrogen and oxygen atoms in total. The molecule has 0 aromatic heterocycles. The summed E-state index contributed by atoms with van der Waals surface area (Å²) in [6, 6.07) is 12.6. The number of hydrogen-bond acceptors (Lipinski definition) is 2. The van der Waals surface area contributed by atoms with Crippen molar-refractivity contribution in [2.75, 3.05) is 5.32 Å². The summed E-state index contributed by atoms with van der Waals surface area (Å²) in [6.45, 7) is 1.96. The Kier molecular flexibility index (Phi) is 3.57. The summed E-state index contributed by atoms with van der Waals surface area (Å²) in [5, 5.41) is 2.58. The predicted molar refractivity (Wildman–Crippen MR) is 67.2 cm³/mol. The van der Waals surface area contributed by atoms with E-state index in [1.165, 1.54) is 24.3 Å². The molecule has 0 radical (unpaired) electrons. The number of benzene rings is 2. The van der Waals surface area contributed by atoms with Gasteiger partial charge in [-0.25, -0.2) is 9.18 Å². The van der Waals surface area contributed by atoms with E-state index in [1.807, 2.05) is 19.1 Å². The first kappa shape index (κ1) is 12.1. The van der Waals surface area contributed by atoms with E-state index >= 15 is 0 Å². The number of nitrogens with one attached hydrogen (secondary N) is 1. The summed E-state index contributed by atoms with van der Waals surface area (Å²) >= 11 is 0. The Morgan fingerprint density at radius 3 is 2.28 bits per heavy atom. The van der Waals surface area contributed by atoms with Crippen LogP contribution < -0.4 is 10.1 Å². The van der Waals surface area contributed by atoms with E-state index in [-0.39, 0.29) is 5.82 Å². The van der Waals surface area contributed by atoms with Crippen LogP contribution in [0.4, 0.5) is 14.9 Å². The van der Waals surface area contributed by atoms with Gasteiger partial charge < -0.3 is 4.74 Å². The molecular formula is C14H12FNO2. The molecule has 0 saturated heterocycles. The standard InChI is InChI=1S/C14H12FNO2/c1-10-2-6-12(7-3-10)16-14(17)18-13-8-4-11(15)5-9-13/h2-9H,1H3,(H,16,17). The lowest BCUT2D eigenvalue weighted by Gasteiger charge is -2.06. The van der Waals surface area contributed by atoms with Crippen LogP contribution in [0.5, 0.6) is 5.75 Å². The second-order valence-electron chi connectivity index (χ2n) is 3.83. The maximum atomic E-state index is 12.7. The van der Waals surface area contributed by atoms with Crippen LogP contribution in [0.3, 0.4) is 0 Å². The molecule has 0 saturated carbocycles. The Morgan fingerprint density at radius 1 is 1.06 bits per heavy atom. The van der Waals surface area contributed by atoms with Crippen molar-refractivity contribution in [2.24, 2.45) is 0 Å². The van der Waals surface area contributed by atoms with Gasteiger partial charge >= 0.3 is 6.09 Å². The van der Waals surface area contributed by atoms with Crippen molar-refractivity contribution in [3.63, 3.8) is 0 Å². The molecule has 2 aromatic rings. The van der Waals surface area contributed by atoms with Crippen molar-refractivity contribution in [3.8, 4) is 5.75 Å². The van der Waals surface area contributed by atoms with Crippen LogP contribution in [0, 0.1) is 12.7 Å². The first-order valence-corrected chi connectivity index (χ1v) is 5.44. The van der Waals surface area contributed by atoms with Gasteiger partial charge in [0.05, 0.1) is 0 Å². The summed E-state index contributed by atoms with van der Waals surface area (Å²) in [6.07, 6.45) is -0.606. The molecule has 2 aromatic carbocycles. The highest BCUT2D eigenvalue weighted by atomic mass is 19.1. The Balaban J connectivity index is 1.96. The minimum absolute atomic E-state index is 0.293. The molecule has 0 aliphatic rings. The third-order valence-corrected chi connectivity index (χ3v) is 2.32. The Hall–Kier alpha value is -2.36. The van der Waals surface area contributed by atoms with E-state index in [1.54, 1.807) is 12.1 Å². The molecule has 0 spiro atoms. The Labute approximate surface area is 104 Å². The van der Waals surface area contributed by atoms with Gasteiger partial charge in [0.1, 0.15) is 11.6 Å². The second-order valence-corrected chi connectivity index (χ2v) is 3.83. The summed E-state index contributed by atoms with van der Waals surface area (Å²) in [5.41, 5.74) is 1.75. The fraction of sp³-hybridized carbons (Fsp3) is 0.0714. The van der Waals surface area contributed by atoms with Gasteiger partial charge in [-0.3, -0.25) is 5.32 Å². The molecule has 0 heterocycles. The summed E-state index contributed by atoms with van der Waals surface area (Å²) in [4.78, 5) is 11.5. The first-order valence-electron chi connectivity index (χ1n) is 5.44. The van der Waals surface area contributed by atoms with Gasteiger partial charge in [-0.1, -0.05) is 17.7 Å². The fourth-order valence-corrected chi connectivity index (χ4v) is 1.39. The molecule has 2 rings (SSSR count). The van der Waals surface area contributed by atoms with Crippen molar-refractivity contribution < 1.29 is 13.9 Å². The van der Waals surface area contributed by atoms with Gasteiger partial charge in [0.25, 0.3) is 0 Å². The molecule has 0 fully saturated rings. The third-order valence-electron chi connectivity index (χ3n) is 2.32. The zero-order valence-electron chi connectivity index (χ0n) is 9.81. The molecule has 18 heavy (non-hydrogen) atoms. The number of carbonyl (C=O) groups is 1. The maximum Gasteiger partial charge on any atom is 0.417 e. The van der Waals surface area contributed by atoms with Crippen LogP contribution in [0.25, 0.3) is 0 Å². The van der Waals surface area contributed by atoms with Crippen LogP contribution in [0.1, 0.15) is 5.56 Å². The number of aryl methyl sites for hydroxylation is 1. The number of halogens is 1. The van der Waals surface area contributed by atoms with Crippen LogP contribution in [0.15, 0.2) is 48.5 Å². The molecule has 0 unspecified atom stereocenters. The van der Waals surface area contributed by atoms with Crippen molar-refractivity contribution in [1.82, 2.24) is 0 Å². The van der Waals surface area contributed by atoms with Crippen molar-refractivity contribution in [3.05, 3.63) is 59.9 Å². The number of anilines is 1. The van der Waals surface area contributed by atoms with Crippen molar-refractivity contribution in [2.45, 2.75) is 6.92 Å². The molecule has 1 N–H and O–H groups in total. The fourth-order valence-electron chi connectivity index (χ4n) is 1.39. The zero-order valence-corrected chi connectivity index (χ0v) is 9.81. The lowest BCUT2D eigenvalue weighted by atomic mass is 10.2. The van der Waals surface area contributed by atoms with Crippen LogP contribution >= 0.6 is 0 Å². The average Bonchev–Trinajstić information content (AvgIpc) is 2.35. The highest BCUT2D eigenvalue weighted by molar-refractivity contribution is 5.86. The van der Waals surface area contributed by atoms with Crippen molar-refractivity contribution in [1.29, 1.82) is 0 Å². The Morgan fingerprint density at radius 2 is 1.67 bits per heavy atom. The van der Waals surface area contributed by atoms with Crippen LogP contribution in [-0.4, -0.2) is 6.09 Å². The second kappa shape index (κ2) is 5.31. The van der Waals surface area contributed by atoms with E-state index in [4.69, 9.17) is 4.74 Å². The van der Waals surface area contributed by atoms with Gasteiger partial charge in [0, 0.05) is 5.69 Å². The molecule has 0 aliphatic heterocycles. The zero-order chi connectivity index (χ0) is 13.0. The third kappa shape index (κ3) is 3.31. The highest BCUT2D eigenvalue weighted by Gasteiger charge is 2.04. The first-order chi connectivity index (χ1) is 8.63. The number of rotatable bonds is 2. The summed E-state index contributed by atoms with van der Waals surface area (Å²) in [7, 11) is 0. The van der Waals surface area contributed by atoms with Gasteiger partial charge in [0.15, 0.2) is 0 Å². The molecule has 92 valence electrons. The van der Waals surface area contributed by atoms with Crippen LogP contribution in [-0.2, 0) is 0 Å². The lowest BCUT2D eigenvalue weighted by molar-refractivity contribution is 0.215. The Bertz CT molecular complexity index is 485. The van der Waals surface area contributed by atoms with E-state index in [2.05, 4.69) is 5.32 Å².